The quantitative estimate of drug-likeness (QED) is 0.942. The molecule has 4 nitrogen and oxygen atoms in total. The summed E-state index contributed by atoms with van der Waals surface area (Å²) in [7, 11) is 0. The third-order valence-electron chi connectivity index (χ3n) is 4.19. The molecule has 1 atom stereocenters. The monoisotopic (exact) mass is 284 g/mol. The van der Waals surface area contributed by atoms with Gasteiger partial charge in [-0.2, -0.15) is 0 Å². The minimum absolute atomic E-state index is 0.0865. The van der Waals surface area contributed by atoms with Crippen LogP contribution in [0.4, 0.5) is 0 Å². The summed E-state index contributed by atoms with van der Waals surface area (Å²) in [5, 5.41) is 10.1. The van der Waals surface area contributed by atoms with Gasteiger partial charge in [0, 0.05) is 36.8 Å². The van der Waals surface area contributed by atoms with Gasteiger partial charge in [-0.15, -0.1) is 0 Å². The summed E-state index contributed by atoms with van der Waals surface area (Å²) in [4.78, 5) is 18.8. The maximum atomic E-state index is 12.6. The lowest BCUT2D eigenvalue weighted by Gasteiger charge is -2.32. The number of aromatic nitrogens is 1. The predicted octanol–water partition coefficient (Wildman–Crippen LogP) is 2.47. The Morgan fingerprint density at radius 3 is 3.14 bits per heavy atom. The van der Waals surface area contributed by atoms with E-state index >= 15 is 0 Å². The Morgan fingerprint density at radius 2 is 2.29 bits per heavy atom. The Hall–Kier alpha value is -1.94. The standard InChI is InChI=1S/C17H20N2O2/c20-10-7-13-3-2-9-19(12-13)17(21)15-5-6-16-14(11-15)4-1-8-18-16/h1,4-6,8,11,13,20H,2-3,7,9-10,12H2. The van der Waals surface area contributed by atoms with Crippen molar-refractivity contribution in [2.24, 2.45) is 5.92 Å². The second-order valence-electron chi connectivity index (χ2n) is 5.68. The largest absolute Gasteiger partial charge is 0.396 e. The van der Waals surface area contributed by atoms with Gasteiger partial charge in [-0.25, -0.2) is 0 Å². The molecule has 21 heavy (non-hydrogen) atoms. The highest BCUT2D eigenvalue weighted by molar-refractivity contribution is 5.98. The van der Waals surface area contributed by atoms with Gasteiger partial charge in [0.2, 0.25) is 0 Å². The second-order valence-corrected chi connectivity index (χ2v) is 5.68. The van der Waals surface area contributed by atoms with Crippen LogP contribution in [0.25, 0.3) is 10.9 Å². The molecule has 4 heteroatoms. The van der Waals surface area contributed by atoms with Crippen LogP contribution in [0, 0.1) is 5.92 Å². The van der Waals surface area contributed by atoms with Crippen molar-refractivity contribution < 1.29 is 9.90 Å². The van der Waals surface area contributed by atoms with E-state index in [1.165, 1.54) is 0 Å². The number of carbonyl (C=O) groups is 1. The average molecular weight is 284 g/mol. The zero-order valence-corrected chi connectivity index (χ0v) is 12.0. The van der Waals surface area contributed by atoms with Crippen LogP contribution in [0.2, 0.25) is 0 Å². The zero-order chi connectivity index (χ0) is 14.7. The fourth-order valence-corrected chi connectivity index (χ4v) is 3.06. The van der Waals surface area contributed by atoms with Gasteiger partial charge in [0.25, 0.3) is 5.91 Å². The average Bonchev–Trinajstić information content (AvgIpc) is 2.54. The molecule has 2 aromatic rings. The maximum absolute atomic E-state index is 12.6. The Balaban J connectivity index is 1.79. The molecule has 0 spiro atoms. The predicted molar refractivity (Wildman–Crippen MR) is 82.1 cm³/mol. The van der Waals surface area contributed by atoms with E-state index in [1.807, 2.05) is 35.2 Å². The molecule has 1 aromatic heterocycles. The van der Waals surface area contributed by atoms with Crippen molar-refractivity contribution in [1.82, 2.24) is 9.88 Å². The fourth-order valence-electron chi connectivity index (χ4n) is 3.06. The first-order valence-electron chi connectivity index (χ1n) is 7.53. The van der Waals surface area contributed by atoms with Crippen LogP contribution in [-0.2, 0) is 0 Å². The van der Waals surface area contributed by atoms with Crippen LogP contribution in [0.3, 0.4) is 0 Å². The first kappa shape index (κ1) is 14.0. The van der Waals surface area contributed by atoms with Crippen molar-refractivity contribution in [2.45, 2.75) is 19.3 Å². The zero-order valence-electron chi connectivity index (χ0n) is 12.0. The minimum atomic E-state index is 0.0865. The molecule has 1 unspecified atom stereocenters. The Bertz CT molecular complexity index is 639. The Kier molecular flexibility index (Phi) is 4.15. The van der Waals surface area contributed by atoms with Gasteiger partial charge in [-0.3, -0.25) is 9.78 Å². The Morgan fingerprint density at radius 1 is 1.38 bits per heavy atom. The molecule has 1 N–H and O–H groups in total. The van der Waals surface area contributed by atoms with Crippen LogP contribution < -0.4 is 0 Å². The molecular formula is C17H20N2O2. The molecule has 1 saturated heterocycles. The van der Waals surface area contributed by atoms with E-state index in [1.54, 1.807) is 6.20 Å². The topological polar surface area (TPSA) is 53.4 Å². The molecule has 1 aromatic carbocycles. The minimum Gasteiger partial charge on any atom is -0.396 e. The molecule has 0 saturated carbocycles. The number of rotatable bonds is 3. The first-order valence-corrected chi connectivity index (χ1v) is 7.53. The summed E-state index contributed by atoms with van der Waals surface area (Å²) in [6, 6.07) is 9.53. The number of carbonyl (C=O) groups excluding carboxylic acids is 1. The van der Waals surface area contributed by atoms with Crippen molar-refractivity contribution in [3.05, 3.63) is 42.1 Å². The summed E-state index contributed by atoms with van der Waals surface area (Å²) in [5.41, 5.74) is 1.63. The fraction of sp³-hybridized carbons (Fsp3) is 0.412. The van der Waals surface area contributed by atoms with E-state index in [-0.39, 0.29) is 12.5 Å². The summed E-state index contributed by atoms with van der Waals surface area (Å²) in [6.07, 6.45) is 4.66. The van der Waals surface area contributed by atoms with Crippen molar-refractivity contribution in [2.75, 3.05) is 19.7 Å². The van der Waals surface area contributed by atoms with E-state index in [4.69, 9.17) is 5.11 Å². The third-order valence-corrected chi connectivity index (χ3v) is 4.19. The number of piperidine rings is 1. The van der Waals surface area contributed by atoms with Gasteiger partial charge >= 0.3 is 0 Å². The number of nitrogens with zero attached hydrogens (tertiary/aromatic N) is 2. The normalized spacial score (nSPS) is 18.9. The number of amides is 1. The highest BCUT2D eigenvalue weighted by Gasteiger charge is 2.24. The number of hydrogen-bond donors (Lipinski definition) is 1. The van der Waals surface area contributed by atoms with Crippen molar-refractivity contribution in [3.63, 3.8) is 0 Å². The molecule has 2 heterocycles. The van der Waals surface area contributed by atoms with E-state index < -0.39 is 0 Å². The number of benzene rings is 1. The van der Waals surface area contributed by atoms with Gasteiger partial charge in [0.1, 0.15) is 0 Å². The lowest BCUT2D eigenvalue weighted by Crippen LogP contribution is -2.40. The highest BCUT2D eigenvalue weighted by Crippen LogP contribution is 2.22. The molecule has 0 radical (unpaired) electrons. The van der Waals surface area contributed by atoms with Crippen LogP contribution in [0.15, 0.2) is 36.5 Å². The molecule has 1 aliphatic rings. The molecule has 110 valence electrons. The maximum Gasteiger partial charge on any atom is 0.253 e. The molecule has 1 fully saturated rings. The molecule has 1 aliphatic heterocycles. The van der Waals surface area contributed by atoms with Gasteiger partial charge in [0.15, 0.2) is 0 Å². The number of pyridine rings is 1. The molecule has 3 rings (SSSR count). The van der Waals surface area contributed by atoms with Crippen LogP contribution >= 0.6 is 0 Å². The van der Waals surface area contributed by atoms with Gasteiger partial charge in [-0.1, -0.05) is 6.07 Å². The molecule has 0 aliphatic carbocycles. The van der Waals surface area contributed by atoms with Gasteiger partial charge in [0.05, 0.1) is 5.52 Å². The molecule has 1 amide bonds. The van der Waals surface area contributed by atoms with Crippen molar-refractivity contribution >= 4 is 16.8 Å². The first-order chi connectivity index (χ1) is 10.3. The number of hydrogen-bond acceptors (Lipinski definition) is 3. The Labute approximate surface area is 124 Å². The molecular weight excluding hydrogens is 264 g/mol. The van der Waals surface area contributed by atoms with E-state index in [0.717, 1.165) is 48.8 Å². The number of aliphatic hydroxyl groups excluding tert-OH is 1. The van der Waals surface area contributed by atoms with Gasteiger partial charge < -0.3 is 10.0 Å². The number of likely N-dealkylation sites (tertiary alicyclic amines) is 1. The third kappa shape index (κ3) is 3.05. The lowest BCUT2D eigenvalue weighted by molar-refractivity contribution is 0.0654. The van der Waals surface area contributed by atoms with Crippen molar-refractivity contribution in [3.8, 4) is 0 Å². The molecule has 0 bridgehead atoms. The van der Waals surface area contributed by atoms with Crippen LogP contribution in [-0.4, -0.2) is 40.6 Å². The van der Waals surface area contributed by atoms with E-state index in [2.05, 4.69) is 4.98 Å². The van der Waals surface area contributed by atoms with E-state index in [9.17, 15) is 4.79 Å². The van der Waals surface area contributed by atoms with E-state index in [0.29, 0.717) is 5.92 Å². The summed E-state index contributed by atoms with van der Waals surface area (Å²) in [5.74, 6) is 0.512. The van der Waals surface area contributed by atoms with Crippen molar-refractivity contribution in [1.29, 1.82) is 0 Å². The number of aliphatic hydroxyl groups is 1. The highest BCUT2D eigenvalue weighted by atomic mass is 16.3. The number of fused-ring (bicyclic) bond motifs is 1. The SMILES string of the molecule is O=C(c1ccc2ncccc2c1)N1CCCC(CCO)C1. The smallest absolute Gasteiger partial charge is 0.253 e. The summed E-state index contributed by atoms with van der Waals surface area (Å²) < 4.78 is 0. The van der Waals surface area contributed by atoms with Crippen LogP contribution in [0.1, 0.15) is 29.6 Å². The summed E-state index contributed by atoms with van der Waals surface area (Å²) in [6.45, 7) is 1.77. The van der Waals surface area contributed by atoms with Crippen LogP contribution in [0.5, 0.6) is 0 Å². The second kappa shape index (κ2) is 6.22. The van der Waals surface area contributed by atoms with Gasteiger partial charge in [-0.05, 0) is 49.4 Å². The summed E-state index contributed by atoms with van der Waals surface area (Å²) >= 11 is 0. The lowest BCUT2D eigenvalue weighted by atomic mass is 9.94.